The van der Waals surface area contributed by atoms with Crippen molar-refractivity contribution in [3.63, 3.8) is 0 Å². The van der Waals surface area contributed by atoms with Crippen LogP contribution in [0.15, 0.2) is 64.8 Å². The molecule has 2 aromatic heterocycles. The Kier molecular flexibility index (Phi) is 5.28. The first kappa shape index (κ1) is 16.3. The SMILES string of the molecule is O=C(Nc1ccc(F)cc1)N(CCc1cccs1)Cc1ccoc1. The highest BCUT2D eigenvalue weighted by atomic mass is 32.1. The van der Waals surface area contributed by atoms with Crippen molar-refractivity contribution in [1.82, 2.24) is 4.90 Å². The van der Waals surface area contributed by atoms with Gasteiger partial charge in [-0.05, 0) is 48.2 Å². The predicted molar refractivity (Wildman–Crippen MR) is 92.6 cm³/mol. The fourth-order valence-corrected chi connectivity index (χ4v) is 2.99. The smallest absolute Gasteiger partial charge is 0.322 e. The van der Waals surface area contributed by atoms with Crippen LogP contribution < -0.4 is 5.32 Å². The zero-order valence-electron chi connectivity index (χ0n) is 12.9. The number of anilines is 1. The molecule has 3 aromatic rings. The number of thiophene rings is 1. The van der Waals surface area contributed by atoms with E-state index in [4.69, 9.17) is 4.42 Å². The topological polar surface area (TPSA) is 45.5 Å². The van der Waals surface area contributed by atoms with Crippen LogP contribution in [0.2, 0.25) is 0 Å². The minimum Gasteiger partial charge on any atom is -0.472 e. The van der Waals surface area contributed by atoms with Crippen LogP contribution >= 0.6 is 11.3 Å². The van der Waals surface area contributed by atoms with Crippen molar-refractivity contribution in [2.45, 2.75) is 13.0 Å². The first-order valence-corrected chi connectivity index (χ1v) is 8.43. The molecular formula is C18H17FN2O2S. The molecule has 124 valence electrons. The minimum absolute atomic E-state index is 0.223. The molecular weight excluding hydrogens is 327 g/mol. The maximum atomic E-state index is 13.0. The standard InChI is InChI=1S/C18H17FN2O2S/c19-15-3-5-16(6-4-15)20-18(22)21(12-14-8-10-23-13-14)9-7-17-2-1-11-24-17/h1-6,8,10-11,13H,7,9,12H2,(H,20,22). The number of urea groups is 1. The van der Waals surface area contributed by atoms with E-state index in [9.17, 15) is 9.18 Å². The molecule has 1 N–H and O–H groups in total. The summed E-state index contributed by atoms with van der Waals surface area (Å²) >= 11 is 1.67. The van der Waals surface area contributed by atoms with Gasteiger partial charge < -0.3 is 14.6 Å². The molecule has 0 bridgehead atoms. The third kappa shape index (κ3) is 4.45. The Morgan fingerprint density at radius 3 is 2.71 bits per heavy atom. The number of hydrogen-bond acceptors (Lipinski definition) is 3. The zero-order chi connectivity index (χ0) is 16.8. The van der Waals surface area contributed by atoms with Crippen molar-refractivity contribution >= 4 is 23.1 Å². The molecule has 6 heteroatoms. The van der Waals surface area contributed by atoms with Crippen molar-refractivity contribution in [1.29, 1.82) is 0 Å². The molecule has 0 aliphatic rings. The van der Waals surface area contributed by atoms with E-state index in [-0.39, 0.29) is 11.8 Å². The molecule has 0 unspecified atom stereocenters. The van der Waals surface area contributed by atoms with Crippen molar-refractivity contribution in [2.24, 2.45) is 0 Å². The average Bonchev–Trinajstić information content (AvgIpc) is 3.27. The summed E-state index contributed by atoms with van der Waals surface area (Å²) in [6, 6.07) is 11.4. The summed E-state index contributed by atoms with van der Waals surface area (Å²) in [4.78, 5) is 15.5. The van der Waals surface area contributed by atoms with Gasteiger partial charge in [0.1, 0.15) is 5.82 Å². The van der Waals surface area contributed by atoms with E-state index in [1.807, 2.05) is 17.5 Å². The third-order valence-corrected chi connectivity index (χ3v) is 4.48. The first-order valence-electron chi connectivity index (χ1n) is 7.55. The molecule has 2 heterocycles. The molecule has 2 amide bonds. The molecule has 0 saturated carbocycles. The van der Waals surface area contributed by atoms with E-state index >= 15 is 0 Å². The number of halogens is 1. The third-order valence-electron chi connectivity index (χ3n) is 3.54. The summed E-state index contributed by atoms with van der Waals surface area (Å²) in [5.41, 5.74) is 1.49. The number of rotatable bonds is 6. The van der Waals surface area contributed by atoms with Crippen molar-refractivity contribution < 1.29 is 13.6 Å². The Hall–Kier alpha value is -2.60. The fourth-order valence-electron chi connectivity index (χ4n) is 2.29. The lowest BCUT2D eigenvalue weighted by Crippen LogP contribution is -2.35. The molecule has 0 fully saturated rings. The summed E-state index contributed by atoms with van der Waals surface area (Å²) in [6.45, 7) is 1.04. The van der Waals surface area contributed by atoms with E-state index in [2.05, 4.69) is 11.4 Å². The van der Waals surface area contributed by atoms with Gasteiger partial charge in [-0.25, -0.2) is 9.18 Å². The van der Waals surface area contributed by atoms with E-state index in [1.165, 1.54) is 17.0 Å². The van der Waals surface area contributed by atoms with Crippen molar-refractivity contribution in [3.8, 4) is 0 Å². The van der Waals surface area contributed by atoms with Gasteiger partial charge in [0.2, 0.25) is 0 Å². The zero-order valence-corrected chi connectivity index (χ0v) is 13.8. The molecule has 0 atom stereocenters. The number of benzene rings is 1. The Labute approximate surface area is 143 Å². The summed E-state index contributed by atoms with van der Waals surface area (Å²) < 4.78 is 18.1. The molecule has 3 rings (SSSR count). The average molecular weight is 344 g/mol. The number of carbonyl (C=O) groups excluding carboxylic acids is 1. The molecule has 0 radical (unpaired) electrons. The molecule has 24 heavy (non-hydrogen) atoms. The van der Waals surface area contributed by atoms with E-state index < -0.39 is 0 Å². The van der Waals surface area contributed by atoms with Gasteiger partial charge in [-0.3, -0.25) is 0 Å². The minimum atomic E-state index is -0.332. The second kappa shape index (κ2) is 7.79. The first-order chi connectivity index (χ1) is 11.7. The van der Waals surface area contributed by atoms with E-state index in [1.54, 1.807) is 40.9 Å². The Morgan fingerprint density at radius 1 is 1.21 bits per heavy atom. The summed E-state index contributed by atoms with van der Waals surface area (Å²) in [6.07, 6.45) is 4.00. The van der Waals surface area contributed by atoms with Crippen molar-refractivity contribution in [2.75, 3.05) is 11.9 Å². The van der Waals surface area contributed by atoms with Crippen LogP contribution in [0.25, 0.3) is 0 Å². The lowest BCUT2D eigenvalue weighted by molar-refractivity contribution is 0.210. The Bertz CT molecular complexity index is 755. The monoisotopic (exact) mass is 344 g/mol. The van der Waals surface area contributed by atoms with Crippen LogP contribution in [-0.2, 0) is 13.0 Å². The van der Waals surface area contributed by atoms with Gasteiger partial charge in [0.15, 0.2) is 0 Å². The predicted octanol–water partition coefficient (Wildman–Crippen LogP) is 4.76. The van der Waals surface area contributed by atoms with Crippen molar-refractivity contribution in [3.05, 3.63) is 76.6 Å². The highest BCUT2D eigenvalue weighted by Crippen LogP contribution is 2.14. The summed E-state index contributed by atoms with van der Waals surface area (Å²) in [7, 11) is 0. The number of furan rings is 1. The van der Waals surface area contributed by atoms with Crippen LogP contribution in [0.5, 0.6) is 0 Å². The van der Waals surface area contributed by atoms with Crippen LogP contribution in [-0.4, -0.2) is 17.5 Å². The molecule has 0 aliphatic carbocycles. The van der Waals surface area contributed by atoms with Crippen LogP contribution in [0, 0.1) is 5.82 Å². The summed E-state index contributed by atoms with van der Waals surface area (Å²) in [5, 5.41) is 4.83. The summed E-state index contributed by atoms with van der Waals surface area (Å²) in [5.74, 6) is -0.332. The van der Waals surface area contributed by atoms with Crippen LogP contribution in [0.3, 0.4) is 0 Å². The lowest BCUT2D eigenvalue weighted by Gasteiger charge is -2.22. The number of hydrogen-bond donors (Lipinski definition) is 1. The highest BCUT2D eigenvalue weighted by molar-refractivity contribution is 7.09. The molecule has 0 aliphatic heterocycles. The van der Waals surface area contributed by atoms with E-state index in [0.717, 1.165) is 12.0 Å². The molecule has 0 spiro atoms. The van der Waals surface area contributed by atoms with Gasteiger partial charge in [0.25, 0.3) is 0 Å². The normalized spacial score (nSPS) is 10.5. The van der Waals surface area contributed by atoms with Crippen LogP contribution in [0.1, 0.15) is 10.4 Å². The number of nitrogens with one attached hydrogen (secondary N) is 1. The van der Waals surface area contributed by atoms with Crippen LogP contribution in [0.4, 0.5) is 14.9 Å². The maximum Gasteiger partial charge on any atom is 0.322 e. The fraction of sp³-hybridized carbons (Fsp3) is 0.167. The maximum absolute atomic E-state index is 13.0. The van der Waals surface area contributed by atoms with Gasteiger partial charge in [-0.1, -0.05) is 6.07 Å². The number of carbonyl (C=O) groups is 1. The second-order valence-corrected chi connectivity index (χ2v) is 6.35. The number of amides is 2. The van der Waals surface area contributed by atoms with Gasteiger partial charge in [-0.15, -0.1) is 11.3 Å². The van der Waals surface area contributed by atoms with E-state index in [0.29, 0.717) is 18.8 Å². The van der Waals surface area contributed by atoms with Gasteiger partial charge in [-0.2, -0.15) is 0 Å². The van der Waals surface area contributed by atoms with Gasteiger partial charge in [0, 0.05) is 22.7 Å². The number of nitrogens with zero attached hydrogens (tertiary/aromatic N) is 1. The molecule has 1 aromatic carbocycles. The van der Waals surface area contributed by atoms with Gasteiger partial charge >= 0.3 is 6.03 Å². The Balaban J connectivity index is 1.67. The van der Waals surface area contributed by atoms with Gasteiger partial charge in [0.05, 0.1) is 19.1 Å². The Morgan fingerprint density at radius 2 is 2.04 bits per heavy atom. The molecule has 0 saturated heterocycles. The highest BCUT2D eigenvalue weighted by Gasteiger charge is 2.15. The lowest BCUT2D eigenvalue weighted by atomic mass is 10.2. The largest absolute Gasteiger partial charge is 0.472 e. The quantitative estimate of drug-likeness (QED) is 0.701. The molecule has 4 nitrogen and oxygen atoms in total. The second-order valence-electron chi connectivity index (χ2n) is 5.32.